The number of halogens is 1. The van der Waals surface area contributed by atoms with E-state index in [-0.39, 0.29) is 11.9 Å². The molecule has 2 atom stereocenters. The van der Waals surface area contributed by atoms with Crippen molar-refractivity contribution in [3.8, 4) is 5.75 Å². The van der Waals surface area contributed by atoms with E-state index in [2.05, 4.69) is 11.9 Å². The molecule has 1 fully saturated rings. The van der Waals surface area contributed by atoms with E-state index in [9.17, 15) is 4.39 Å². The average Bonchev–Trinajstić information content (AvgIpc) is 2.34. The van der Waals surface area contributed by atoms with Gasteiger partial charge in [-0.25, -0.2) is 4.39 Å². The molecule has 100 valence electrons. The van der Waals surface area contributed by atoms with Crippen LogP contribution in [0.25, 0.3) is 0 Å². The average molecular weight is 252 g/mol. The minimum absolute atomic E-state index is 0.0133. The van der Waals surface area contributed by atoms with Crippen LogP contribution >= 0.6 is 0 Å². The molecule has 0 radical (unpaired) electrons. The van der Waals surface area contributed by atoms with Crippen molar-refractivity contribution >= 4 is 5.69 Å². The van der Waals surface area contributed by atoms with Gasteiger partial charge in [0.1, 0.15) is 17.7 Å². The second kappa shape index (κ2) is 5.57. The lowest BCUT2D eigenvalue weighted by molar-refractivity contribution is 0.0689. The van der Waals surface area contributed by atoms with Crippen LogP contribution in [-0.2, 0) is 0 Å². The van der Waals surface area contributed by atoms with Crippen molar-refractivity contribution in [3.63, 3.8) is 0 Å². The Hall–Kier alpha value is -1.29. The number of hydrogen-bond donors (Lipinski definition) is 1. The minimum Gasteiger partial charge on any atom is -0.487 e. The summed E-state index contributed by atoms with van der Waals surface area (Å²) in [4.78, 5) is 2.31. The van der Waals surface area contributed by atoms with Crippen LogP contribution in [0.15, 0.2) is 18.2 Å². The van der Waals surface area contributed by atoms with E-state index >= 15 is 0 Å². The summed E-state index contributed by atoms with van der Waals surface area (Å²) < 4.78 is 19.0. The molecule has 4 heteroatoms. The van der Waals surface area contributed by atoms with Crippen LogP contribution in [0.1, 0.15) is 26.2 Å². The fourth-order valence-corrected chi connectivity index (χ4v) is 2.58. The van der Waals surface area contributed by atoms with Gasteiger partial charge >= 0.3 is 0 Å². The molecule has 2 N–H and O–H groups in total. The smallest absolute Gasteiger partial charge is 0.145 e. The van der Waals surface area contributed by atoms with Gasteiger partial charge in [0.05, 0.1) is 5.69 Å². The van der Waals surface area contributed by atoms with Gasteiger partial charge in [-0.3, -0.25) is 4.90 Å². The van der Waals surface area contributed by atoms with E-state index in [1.54, 1.807) is 6.07 Å². The third kappa shape index (κ3) is 2.93. The number of anilines is 1. The molecule has 1 aromatic rings. The molecule has 0 bridgehead atoms. The second-order valence-corrected chi connectivity index (χ2v) is 5.05. The van der Waals surface area contributed by atoms with E-state index in [4.69, 9.17) is 10.5 Å². The molecule has 0 saturated carbocycles. The zero-order valence-corrected chi connectivity index (χ0v) is 11.0. The Morgan fingerprint density at radius 3 is 2.94 bits per heavy atom. The first-order chi connectivity index (χ1) is 8.58. The summed E-state index contributed by atoms with van der Waals surface area (Å²) in [7, 11) is 2.11. The summed E-state index contributed by atoms with van der Waals surface area (Å²) in [5.41, 5.74) is 6.28. The molecule has 0 spiro atoms. The number of ether oxygens (including phenoxy) is 1. The quantitative estimate of drug-likeness (QED) is 0.840. The fraction of sp³-hybridized carbons (Fsp3) is 0.571. The topological polar surface area (TPSA) is 38.5 Å². The van der Waals surface area contributed by atoms with Crippen LogP contribution in [-0.4, -0.2) is 30.6 Å². The van der Waals surface area contributed by atoms with Crippen LogP contribution in [0, 0.1) is 5.82 Å². The summed E-state index contributed by atoms with van der Waals surface area (Å²) in [6.07, 6.45) is 3.59. The van der Waals surface area contributed by atoms with Crippen molar-refractivity contribution in [2.75, 3.05) is 19.3 Å². The lowest BCUT2D eigenvalue weighted by atomic mass is 9.99. The van der Waals surface area contributed by atoms with Crippen molar-refractivity contribution in [1.29, 1.82) is 0 Å². The number of nitrogen functional groups attached to an aromatic ring is 1. The van der Waals surface area contributed by atoms with Crippen molar-refractivity contribution < 1.29 is 9.13 Å². The standard InChI is InChI=1S/C14H21FN2O/c1-10(13-5-3-4-8-17(13)2)18-14-9-11(15)6-7-12(14)16/h6-7,9-10,13H,3-5,8,16H2,1-2H3. The van der Waals surface area contributed by atoms with Gasteiger partial charge in [0, 0.05) is 12.1 Å². The maximum Gasteiger partial charge on any atom is 0.145 e. The van der Waals surface area contributed by atoms with Gasteiger partial charge in [-0.1, -0.05) is 6.42 Å². The number of benzene rings is 1. The van der Waals surface area contributed by atoms with Gasteiger partial charge in [0.25, 0.3) is 0 Å². The predicted octanol–water partition coefficient (Wildman–Crippen LogP) is 2.66. The molecular formula is C14H21FN2O. The number of nitrogens with two attached hydrogens (primary N) is 1. The zero-order valence-electron chi connectivity index (χ0n) is 11.0. The van der Waals surface area contributed by atoms with Crippen LogP contribution in [0.5, 0.6) is 5.75 Å². The van der Waals surface area contributed by atoms with Gasteiger partial charge in [-0.15, -0.1) is 0 Å². The van der Waals surface area contributed by atoms with E-state index < -0.39 is 0 Å². The number of rotatable bonds is 3. The van der Waals surface area contributed by atoms with Gasteiger partial charge in [0.2, 0.25) is 0 Å². The highest BCUT2D eigenvalue weighted by Gasteiger charge is 2.26. The molecule has 0 aliphatic carbocycles. The first-order valence-corrected chi connectivity index (χ1v) is 6.50. The lowest BCUT2D eigenvalue weighted by Crippen LogP contribution is -2.45. The summed E-state index contributed by atoms with van der Waals surface area (Å²) in [5.74, 6) is 0.130. The number of nitrogens with zero attached hydrogens (tertiary/aromatic N) is 1. The van der Waals surface area contributed by atoms with E-state index in [0.29, 0.717) is 17.5 Å². The Kier molecular flexibility index (Phi) is 4.07. The van der Waals surface area contributed by atoms with Gasteiger partial charge < -0.3 is 10.5 Å². The third-order valence-corrected chi connectivity index (χ3v) is 3.66. The lowest BCUT2D eigenvalue weighted by Gasteiger charge is -2.36. The van der Waals surface area contributed by atoms with Crippen molar-refractivity contribution in [2.45, 2.75) is 38.3 Å². The molecule has 0 amide bonds. The largest absolute Gasteiger partial charge is 0.487 e. The molecule has 1 aliphatic heterocycles. The highest BCUT2D eigenvalue weighted by atomic mass is 19.1. The Labute approximate surface area is 108 Å². The fourth-order valence-electron chi connectivity index (χ4n) is 2.58. The number of likely N-dealkylation sites (tertiary alicyclic amines) is 1. The van der Waals surface area contributed by atoms with Crippen LogP contribution in [0.2, 0.25) is 0 Å². The summed E-state index contributed by atoms with van der Waals surface area (Å²) >= 11 is 0. The van der Waals surface area contributed by atoms with E-state index in [1.165, 1.54) is 25.0 Å². The van der Waals surface area contributed by atoms with Crippen LogP contribution < -0.4 is 10.5 Å². The van der Waals surface area contributed by atoms with Gasteiger partial charge in [-0.05, 0) is 45.5 Å². The minimum atomic E-state index is -0.316. The highest BCUT2D eigenvalue weighted by Crippen LogP contribution is 2.26. The molecule has 0 aromatic heterocycles. The molecule has 1 saturated heterocycles. The molecule has 3 nitrogen and oxygen atoms in total. The van der Waals surface area contributed by atoms with Crippen LogP contribution in [0.4, 0.5) is 10.1 Å². The van der Waals surface area contributed by atoms with Crippen molar-refractivity contribution in [3.05, 3.63) is 24.0 Å². The predicted molar refractivity (Wildman–Crippen MR) is 71.2 cm³/mol. The Morgan fingerprint density at radius 2 is 2.22 bits per heavy atom. The molecule has 18 heavy (non-hydrogen) atoms. The van der Waals surface area contributed by atoms with Crippen molar-refractivity contribution in [2.24, 2.45) is 0 Å². The highest BCUT2D eigenvalue weighted by molar-refractivity contribution is 5.52. The maximum atomic E-state index is 13.2. The summed E-state index contributed by atoms with van der Waals surface area (Å²) in [5, 5.41) is 0. The normalized spacial score (nSPS) is 22.7. The monoisotopic (exact) mass is 252 g/mol. The van der Waals surface area contributed by atoms with E-state index in [1.807, 2.05) is 6.92 Å². The molecule has 1 heterocycles. The van der Waals surface area contributed by atoms with Gasteiger partial charge in [-0.2, -0.15) is 0 Å². The Morgan fingerprint density at radius 1 is 1.44 bits per heavy atom. The number of likely N-dealkylation sites (N-methyl/N-ethyl adjacent to an activating group) is 1. The SMILES string of the molecule is CC(Oc1cc(F)ccc1N)C1CCCCN1C. The second-order valence-electron chi connectivity index (χ2n) is 5.05. The molecule has 2 rings (SSSR count). The first kappa shape index (κ1) is 13.1. The van der Waals surface area contributed by atoms with E-state index in [0.717, 1.165) is 13.0 Å². The molecule has 2 unspecified atom stereocenters. The Balaban J connectivity index is 2.05. The summed E-state index contributed by atoms with van der Waals surface area (Å²) in [6.45, 7) is 3.12. The zero-order chi connectivity index (χ0) is 13.1. The van der Waals surface area contributed by atoms with Gasteiger partial charge in [0.15, 0.2) is 0 Å². The molecule has 1 aliphatic rings. The molecular weight excluding hydrogens is 231 g/mol. The van der Waals surface area contributed by atoms with Crippen molar-refractivity contribution in [1.82, 2.24) is 4.90 Å². The maximum absolute atomic E-state index is 13.2. The van der Waals surface area contributed by atoms with Crippen LogP contribution in [0.3, 0.4) is 0 Å². The number of hydrogen-bond acceptors (Lipinski definition) is 3. The Bertz CT molecular complexity index is 411. The summed E-state index contributed by atoms with van der Waals surface area (Å²) in [6, 6.07) is 4.62. The third-order valence-electron chi connectivity index (χ3n) is 3.66. The first-order valence-electron chi connectivity index (χ1n) is 6.50. The number of piperidine rings is 1. The molecule has 1 aromatic carbocycles.